The highest BCUT2D eigenvalue weighted by molar-refractivity contribution is 6.86. The average molecular weight is 765 g/mol. The Bertz CT molecular complexity index is 598. The average Bonchev–Trinajstić information content (AvgIpc) is 3.16. The molecular formula is C41H96N4O4Si2. The van der Waals surface area contributed by atoms with Crippen molar-refractivity contribution in [1.29, 1.82) is 0 Å². The molecule has 0 aliphatic carbocycles. The molecule has 0 atom stereocenters. The van der Waals surface area contributed by atoms with Crippen LogP contribution in [0.2, 0.25) is 17.8 Å². The lowest BCUT2D eigenvalue weighted by Crippen LogP contribution is -2.55. The molecule has 0 N–H and O–H groups in total. The van der Waals surface area contributed by atoms with Crippen molar-refractivity contribution in [1.82, 2.24) is 19.6 Å². The Morgan fingerprint density at radius 1 is 0.314 bits per heavy atom. The molecular weight excluding hydrogens is 669 g/mol. The minimum atomic E-state index is -2.49. The van der Waals surface area contributed by atoms with Crippen LogP contribution in [0.3, 0.4) is 0 Å². The summed E-state index contributed by atoms with van der Waals surface area (Å²) < 4.78 is 27.1. The predicted octanol–water partition coefficient (Wildman–Crippen LogP) is 10.1. The molecule has 0 aromatic heterocycles. The Labute approximate surface area is 324 Å². The fourth-order valence-electron chi connectivity index (χ4n) is 6.25. The van der Waals surface area contributed by atoms with E-state index in [1.54, 1.807) is 0 Å². The first-order chi connectivity index (χ1) is 24.6. The molecule has 0 saturated carbocycles. The fraction of sp³-hybridized carbons (Fsp3) is 1.00. The van der Waals surface area contributed by atoms with E-state index in [1.165, 1.54) is 52.1 Å². The van der Waals surface area contributed by atoms with Crippen LogP contribution in [0, 0.1) is 0 Å². The summed E-state index contributed by atoms with van der Waals surface area (Å²) in [5, 5.41) is 0. The Kier molecular flexibility index (Phi) is 43.3. The van der Waals surface area contributed by atoms with Crippen molar-refractivity contribution in [2.45, 2.75) is 166 Å². The second-order valence-electron chi connectivity index (χ2n) is 13.7. The molecule has 0 spiro atoms. The summed E-state index contributed by atoms with van der Waals surface area (Å²) >= 11 is 0. The standard InChI is InChI=1S/C27H62N2O4Si2.2C7H17N/c1-9-21-30-34(31-22-10-2,25-17-19-28(13-5)14-6)27-35(32-23-11-3,33-24-12-4)26-18-20-29(15-7)16-8;2*1-4-7-8(5-2)6-3/h9-27H2,1-8H3;2*4-7H2,1-3H3. The van der Waals surface area contributed by atoms with Crippen molar-refractivity contribution in [3.05, 3.63) is 0 Å². The van der Waals surface area contributed by atoms with Gasteiger partial charge in [0.05, 0.1) is 0 Å². The summed E-state index contributed by atoms with van der Waals surface area (Å²) in [5.74, 6) is 0. The zero-order valence-corrected chi connectivity index (χ0v) is 39.5. The number of nitrogens with zero attached hydrogens (tertiary/aromatic N) is 4. The second-order valence-corrected chi connectivity index (χ2v) is 20.9. The van der Waals surface area contributed by atoms with E-state index in [2.05, 4.69) is 117 Å². The maximum atomic E-state index is 6.78. The van der Waals surface area contributed by atoms with Gasteiger partial charge in [0.1, 0.15) is 0 Å². The molecule has 0 unspecified atom stereocenters. The Morgan fingerprint density at radius 3 is 0.725 bits per heavy atom. The van der Waals surface area contributed by atoms with E-state index in [0.717, 1.165) is 122 Å². The van der Waals surface area contributed by atoms with Gasteiger partial charge in [-0.25, -0.2) is 0 Å². The molecule has 0 fully saturated rings. The molecule has 8 nitrogen and oxygen atoms in total. The molecule has 0 amide bonds. The highest BCUT2D eigenvalue weighted by Crippen LogP contribution is 2.33. The summed E-state index contributed by atoms with van der Waals surface area (Å²) in [6, 6.07) is 2.05. The van der Waals surface area contributed by atoms with Crippen LogP contribution >= 0.6 is 0 Å². The maximum absolute atomic E-state index is 6.78. The summed E-state index contributed by atoms with van der Waals surface area (Å²) in [5.41, 5.74) is 0.899. The van der Waals surface area contributed by atoms with Gasteiger partial charge in [-0.2, -0.15) is 0 Å². The molecule has 10 heteroatoms. The largest absolute Gasteiger partial charge is 0.394 e. The molecule has 0 aliphatic heterocycles. The van der Waals surface area contributed by atoms with Gasteiger partial charge in [0, 0.05) is 32.1 Å². The summed E-state index contributed by atoms with van der Waals surface area (Å²) in [4.78, 5) is 9.88. The van der Waals surface area contributed by atoms with E-state index in [0.29, 0.717) is 0 Å². The smallest absolute Gasteiger partial charge is 0.340 e. The van der Waals surface area contributed by atoms with Crippen molar-refractivity contribution >= 4 is 17.1 Å². The Balaban J connectivity index is -0.00000118. The van der Waals surface area contributed by atoms with Gasteiger partial charge in [-0.15, -0.1) is 0 Å². The van der Waals surface area contributed by atoms with Gasteiger partial charge in [0.25, 0.3) is 0 Å². The van der Waals surface area contributed by atoms with Crippen LogP contribution in [0.1, 0.15) is 148 Å². The first-order valence-corrected chi connectivity index (χ1v) is 26.5. The SMILES string of the molecule is CCCN(CC)CC.CCCN(CC)CC.CCCO[Si](CCCN(CC)CC)(C[Si](CCCN(CC)CC)(OCCC)OCCC)OCCC. The van der Waals surface area contributed by atoms with Crippen LogP contribution in [0.4, 0.5) is 0 Å². The van der Waals surface area contributed by atoms with Crippen LogP contribution < -0.4 is 0 Å². The molecule has 0 aliphatic rings. The second kappa shape index (κ2) is 39.8. The zero-order chi connectivity index (χ0) is 39.2. The van der Waals surface area contributed by atoms with Crippen molar-refractivity contribution in [2.24, 2.45) is 0 Å². The summed E-state index contributed by atoms with van der Waals surface area (Å²) in [6.07, 6.45) is 8.86. The van der Waals surface area contributed by atoms with Gasteiger partial charge in [-0.3, -0.25) is 0 Å². The van der Waals surface area contributed by atoms with Gasteiger partial charge in [-0.1, -0.05) is 96.9 Å². The van der Waals surface area contributed by atoms with Crippen molar-refractivity contribution in [2.75, 3.05) is 105 Å². The van der Waals surface area contributed by atoms with Gasteiger partial charge >= 0.3 is 17.1 Å². The fourth-order valence-corrected chi connectivity index (χ4v) is 17.0. The molecule has 0 radical (unpaired) electrons. The van der Waals surface area contributed by atoms with E-state index in [9.17, 15) is 0 Å². The number of rotatable bonds is 34. The lowest BCUT2D eigenvalue weighted by atomic mass is 10.4. The molecule has 0 aromatic rings. The molecule has 312 valence electrons. The zero-order valence-electron chi connectivity index (χ0n) is 37.5. The van der Waals surface area contributed by atoms with E-state index >= 15 is 0 Å². The monoisotopic (exact) mass is 765 g/mol. The Hall–Kier alpha value is 0.114. The van der Waals surface area contributed by atoms with E-state index in [4.69, 9.17) is 17.7 Å². The van der Waals surface area contributed by atoms with E-state index in [-0.39, 0.29) is 0 Å². The highest BCUT2D eigenvalue weighted by Gasteiger charge is 2.50. The molecule has 0 rings (SSSR count). The normalized spacial score (nSPS) is 12.1. The summed E-state index contributed by atoms with van der Waals surface area (Å²) in [6.45, 7) is 48.1. The van der Waals surface area contributed by atoms with Crippen molar-refractivity contribution < 1.29 is 17.7 Å². The molecule has 0 heterocycles. The van der Waals surface area contributed by atoms with Gasteiger partial charge in [0.15, 0.2) is 0 Å². The number of hydrogen-bond donors (Lipinski definition) is 0. The van der Waals surface area contributed by atoms with Crippen LogP contribution in [0.15, 0.2) is 0 Å². The third-order valence-electron chi connectivity index (χ3n) is 9.54. The van der Waals surface area contributed by atoms with E-state index < -0.39 is 17.1 Å². The first kappa shape index (κ1) is 55.5. The highest BCUT2D eigenvalue weighted by atomic mass is 28.4. The lowest BCUT2D eigenvalue weighted by molar-refractivity contribution is 0.145. The topological polar surface area (TPSA) is 49.9 Å². The first-order valence-electron chi connectivity index (χ1n) is 22.1. The third kappa shape index (κ3) is 30.1. The van der Waals surface area contributed by atoms with Gasteiger partial charge in [-0.05, 0) is 142 Å². The van der Waals surface area contributed by atoms with E-state index in [1.807, 2.05) is 0 Å². The van der Waals surface area contributed by atoms with Crippen molar-refractivity contribution in [3.8, 4) is 0 Å². The van der Waals surface area contributed by atoms with Crippen LogP contribution in [-0.4, -0.2) is 142 Å². The van der Waals surface area contributed by atoms with Gasteiger partial charge in [0.2, 0.25) is 0 Å². The van der Waals surface area contributed by atoms with Gasteiger partial charge < -0.3 is 37.3 Å². The molecule has 0 saturated heterocycles. The lowest BCUT2D eigenvalue weighted by Gasteiger charge is -2.39. The van der Waals surface area contributed by atoms with Crippen LogP contribution in [0.5, 0.6) is 0 Å². The number of hydrogen-bond acceptors (Lipinski definition) is 8. The van der Waals surface area contributed by atoms with Crippen LogP contribution in [0.25, 0.3) is 0 Å². The Morgan fingerprint density at radius 2 is 0.549 bits per heavy atom. The van der Waals surface area contributed by atoms with Crippen molar-refractivity contribution in [3.63, 3.8) is 0 Å². The minimum Gasteiger partial charge on any atom is -0.394 e. The maximum Gasteiger partial charge on any atom is 0.340 e. The molecule has 0 bridgehead atoms. The quantitative estimate of drug-likeness (QED) is 0.0601. The summed E-state index contributed by atoms with van der Waals surface area (Å²) in [7, 11) is -4.98. The molecule has 51 heavy (non-hydrogen) atoms. The predicted molar refractivity (Wildman–Crippen MR) is 232 cm³/mol. The minimum absolute atomic E-state index is 0.771. The molecule has 0 aromatic carbocycles. The third-order valence-corrected chi connectivity index (χ3v) is 19.0. The van der Waals surface area contributed by atoms with Crippen LogP contribution in [-0.2, 0) is 17.7 Å².